The highest BCUT2D eigenvalue weighted by Crippen LogP contribution is 2.33. The van der Waals surface area contributed by atoms with Gasteiger partial charge in [0.1, 0.15) is 11.8 Å². The first kappa shape index (κ1) is 16.8. The minimum Gasteiger partial charge on any atom is -0.497 e. The molecule has 128 valence electrons. The normalized spacial score (nSPS) is 14.8. The van der Waals surface area contributed by atoms with Gasteiger partial charge in [-0.05, 0) is 42.5 Å². The molecular formula is C19H19N3O3. The molecule has 0 bridgehead atoms. The number of non-ortho nitro benzene ring substituents is 1. The Morgan fingerprint density at radius 1 is 1.24 bits per heavy atom. The van der Waals surface area contributed by atoms with E-state index in [0.717, 1.165) is 37.4 Å². The molecule has 6 nitrogen and oxygen atoms in total. The van der Waals surface area contributed by atoms with Crippen LogP contribution in [0.15, 0.2) is 42.5 Å². The van der Waals surface area contributed by atoms with E-state index in [2.05, 4.69) is 23.1 Å². The summed E-state index contributed by atoms with van der Waals surface area (Å²) in [5, 5.41) is 20.2. The lowest BCUT2D eigenvalue weighted by atomic mass is 9.89. The molecule has 25 heavy (non-hydrogen) atoms. The van der Waals surface area contributed by atoms with Crippen molar-refractivity contribution in [2.45, 2.75) is 18.8 Å². The molecule has 0 spiro atoms. The molecule has 2 aromatic rings. The van der Waals surface area contributed by atoms with Crippen molar-refractivity contribution in [1.82, 2.24) is 0 Å². The van der Waals surface area contributed by atoms with Gasteiger partial charge in [0, 0.05) is 25.2 Å². The number of nitrogens with zero attached hydrogens (tertiary/aromatic N) is 3. The first-order chi connectivity index (χ1) is 12.1. The van der Waals surface area contributed by atoms with Crippen molar-refractivity contribution >= 4 is 11.4 Å². The van der Waals surface area contributed by atoms with E-state index in [4.69, 9.17) is 4.74 Å². The lowest BCUT2D eigenvalue weighted by Crippen LogP contribution is -2.33. The monoisotopic (exact) mass is 337 g/mol. The van der Waals surface area contributed by atoms with E-state index in [1.54, 1.807) is 13.2 Å². The Hall–Kier alpha value is -3.07. The molecule has 0 saturated carbocycles. The molecule has 1 aliphatic rings. The molecule has 0 N–H and O–H groups in total. The number of hydrogen-bond acceptors (Lipinski definition) is 5. The molecule has 0 unspecified atom stereocenters. The standard InChI is InChI=1S/C19H19N3O3/c1-25-18-4-2-3-15(12-18)14-7-9-21(10-8-14)19-6-5-17(22(23)24)11-16(19)13-20/h2-6,11-12,14H,7-10H2,1H3. The van der Waals surface area contributed by atoms with Crippen molar-refractivity contribution in [2.75, 3.05) is 25.1 Å². The van der Waals surface area contributed by atoms with Gasteiger partial charge in [-0.1, -0.05) is 12.1 Å². The summed E-state index contributed by atoms with van der Waals surface area (Å²) >= 11 is 0. The maximum absolute atomic E-state index is 10.9. The minimum atomic E-state index is -0.473. The second kappa shape index (κ2) is 7.22. The van der Waals surface area contributed by atoms with Crippen LogP contribution in [0.5, 0.6) is 5.75 Å². The molecule has 0 atom stereocenters. The molecule has 0 aromatic heterocycles. The third-order valence-electron chi connectivity index (χ3n) is 4.71. The summed E-state index contributed by atoms with van der Waals surface area (Å²) in [6.07, 6.45) is 1.93. The summed E-state index contributed by atoms with van der Waals surface area (Å²) in [6.45, 7) is 1.63. The van der Waals surface area contributed by atoms with Gasteiger partial charge in [-0.15, -0.1) is 0 Å². The number of nitriles is 1. The topological polar surface area (TPSA) is 79.4 Å². The van der Waals surface area contributed by atoms with E-state index in [1.165, 1.54) is 17.7 Å². The van der Waals surface area contributed by atoms with Gasteiger partial charge >= 0.3 is 0 Å². The number of ether oxygens (including phenoxy) is 1. The summed E-state index contributed by atoms with van der Waals surface area (Å²) in [4.78, 5) is 12.5. The number of anilines is 1. The maximum atomic E-state index is 10.9. The third-order valence-corrected chi connectivity index (χ3v) is 4.71. The molecule has 0 amide bonds. The van der Waals surface area contributed by atoms with Crippen LogP contribution in [-0.4, -0.2) is 25.1 Å². The zero-order valence-corrected chi connectivity index (χ0v) is 14.0. The highest BCUT2D eigenvalue weighted by atomic mass is 16.6. The Balaban J connectivity index is 1.74. The number of benzene rings is 2. The fourth-order valence-electron chi connectivity index (χ4n) is 3.35. The van der Waals surface area contributed by atoms with Crippen LogP contribution < -0.4 is 9.64 Å². The first-order valence-electron chi connectivity index (χ1n) is 8.20. The Bertz CT molecular complexity index is 821. The number of piperidine rings is 1. The molecule has 0 radical (unpaired) electrons. The van der Waals surface area contributed by atoms with Crippen LogP contribution in [0.3, 0.4) is 0 Å². The van der Waals surface area contributed by atoms with Crippen molar-refractivity contribution in [3.63, 3.8) is 0 Å². The molecule has 1 aliphatic heterocycles. The molecular weight excluding hydrogens is 318 g/mol. The van der Waals surface area contributed by atoms with Gasteiger partial charge in [0.25, 0.3) is 5.69 Å². The summed E-state index contributed by atoms with van der Waals surface area (Å²) in [7, 11) is 1.67. The number of hydrogen-bond donors (Lipinski definition) is 0. The lowest BCUT2D eigenvalue weighted by Gasteiger charge is -2.34. The van der Waals surface area contributed by atoms with Gasteiger partial charge in [-0.25, -0.2) is 0 Å². The van der Waals surface area contributed by atoms with Crippen LogP contribution in [0.2, 0.25) is 0 Å². The van der Waals surface area contributed by atoms with E-state index >= 15 is 0 Å². The van der Waals surface area contributed by atoms with Crippen LogP contribution in [0.25, 0.3) is 0 Å². The quantitative estimate of drug-likeness (QED) is 0.625. The third kappa shape index (κ3) is 3.56. The number of nitro benzene ring substituents is 1. The molecule has 1 fully saturated rings. The van der Waals surface area contributed by atoms with Gasteiger partial charge in [0.05, 0.1) is 23.3 Å². The van der Waals surface area contributed by atoms with Crippen molar-refractivity contribution in [3.05, 3.63) is 63.7 Å². The number of methoxy groups -OCH3 is 1. The Kier molecular flexibility index (Phi) is 4.85. The Morgan fingerprint density at radius 3 is 2.64 bits per heavy atom. The van der Waals surface area contributed by atoms with Crippen LogP contribution in [0.4, 0.5) is 11.4 Å². The zero-order valence-electron chi connectivity index (χ0n) is 14.0. The van der Waals surface area contributed by atoms with Crippen molar-refractivity contribution in [2.24, 2.45) is 0 Å². The SMILES string of the molecule is COc1cccc(C2CCN(c3ccc([N+](=O)[O-])cc3C#N)CC2)c1. The molecule has 1 heterocycles. The minimum absolute atomic E-state index is 0.0495. The molecule has 1 saturated heterocycles. The highest BCUT2D eigenvalue weighted by Gasteiger charge is 2.23. The molecule has 0 aliphatic carbocycles. The van der Waals surface area contributed by atoms with Gasteiger partial charge in [-0.2, -0.15) is 5.26 Å². The first-order valence-corrected chi connectivity index (χ1v) is 8.20. The molecule has 2 aromatic carbocycles. The predicted octanol–water partition coefficient (Wildman–Crippen LogP) is 3.86. The van der Waals surface area contributed by atoms with E-state index in [0.29, 0.717) is 11.5 Å². The van der Waals surface area contributed by atoms with Crippen molar-refractivity contribution < 1.29 is 9.66 Å². The zero-order chi connectivity index (χ0) is 17.8. The fourth-order valence-corrected chi connectivity index (χ4v) is 3.35. The maximum Gasteiger partial charge on any atom is 0.270 e. The van der Waals surface area contributed by atoms with Gasteiger partial charge in [0.2, 0.25) is 0 Å². The molecule has 6 heteroatoms. The number of nitro groups is 1. The Labute approximate surface area is 146 Å². The summed E-state index contributed by atoms with van der Waals surface area (Å²) in [5.41, 5.74) is 2.35. The average molecular weight is 337 g/mol. The smallest absolute Gasteiger partial charge is 0.270 e. The van der Waals surface area contributed by atoms with E-state index in [9.17, 15) is 15.4 Å². The van der Waals surface area contributed by atoms with E-state index in [-0.39, 0.29) is 5.69 Å². The summed E-state index contributed by atoms with van der Waals surface area (Å²) in [5.74, 6) is 1.32. The van der Waals surface area contributed by atoms with Crippen molar-refractivity contribution in [1.29, 1.82) is 5.26 Å². The largest absolute Gasteiger partial charge is 0.497 e. The predicted molar refractivity (Wildman–Crippen MR) is 95.0 cm³/mol. The van der Waals surface area contributed by atoms with Crippen molar-refractivity contribution in [3.8, 4) is 11.8 Å². The lowest BCUT2D eigenvalue weighted by molar-refractivity contribution is -0.384. The Morgan fingerprint density at radius 2 is 2.00 bits per heavy atom. The van der Waals surface area contributed by atoms with Crippen LogP contribution in [0.1, 0.15) is 29.9 Å². The summed E-state index contributed by atoms with van der Waals surface area (Å²) in [6, 6.07) is 14.7. The average Bonchev–Trinajstić information content (AvgIpc) is 2.67. The van der Waals surface area contributed by atoms with Crippen LogP contribution in [0, 0.1) is 21.4 Å². The van der Waals surface area contributed by atoms with Gasteiger partial charge in [0.15, 0.2) is 0 Å². The second-order valence-corrected chi connectivity index (χ2v) is 6.11. The number of rotatable bonds is 4. The van der Waals surface area contributed by atoms with Gasteiger partial charge < -0.3 is 9.64 Å². The van der Waals surface area contributed by atoms with E-state index in [1.807, 2.05) is 12.1 Å². The van der Waals surface area contributed by atoms with E-state index < -0.39 is 4.92 Å². The second-order valence-electron chi connectivity index (χ2n) is 6.11. The molecule has 3 rings (SSSR count). The van der Waals surface area contributed by atoms with Gasteiger partial charge in [-0.3, -0.25) is 10.1 Å². The fraction of sp³-hybridized carbons (Fsp3) is 0.316. The highest BCUT2D eigenvalue weighted by molar-refractivity contribution is 5.63. The van der Waals surface area contributed by atoms with Crippen LogP contribution >= 0.6 is 0 Å². The summed E-state index contributed by atoms with van der Waals surface area (Å²) < 4.78 is 5.30. The van der Waals surface area contributed by atoms with Crippen LogP contribution in [-0.2, 0) is 0 Å².